The van der Waals surface area contributed by atoms with Gasteiger partial charge in [-0.3, -0.25) is 0 Å². The predicted octanol–water partition coefficient (Wildman–Crippen LogP) is 6.75. The molecule has 8 heteroatoms. The van der Waals surface area contributed by atoms with Crippen molar-refractivity contribution in [1.29, 1.82) is 0 Å². The molecule has 2 aromatic heterocycles. The molecule has 0 saturated carbocycles. The van der Waals surface area contributed by atoms with E-state index >= 15 is 0 Å². The van der Waals surface area contributed by atoms with Crippen LogP contribution in [0.5, 0.6) is 11.6 Å². The van der Waals surface area contributed by atoms with Crippen molar-refractivity contribution in [2.75, 3.05) is 18.1 Å². The fourth-order valence-electron chi connectivity index (χ4n) is 5.11. The standard InChI is InChI=1S/C33H33NO5S2/c1-3-4-26(11-14-35)27-6-10-33(34-19-27)39-21-25-5-9-32-30(18-25)31(22-40-32)29-8-7-28(17-23(29)2)38-20-24-12-15-41(36,37)16-13-24/h5-10,14,17-19,22,24,26H,11-13,15-16,20-21H2,1-2H3/t26-/m1/s1. The molecule has 0 radical (unpaired) electrons. The largest absolute Gasteiger partial charge is 0.493 e. The molecule has 3 heterocycles. The average molecular weight is 588 g/mol. The molecule has 1 aliphatic heterocycles. The van der Waals surface area contributed by atoms with E-state index in [1.54, 1.807) is 24.5 Å². The SMILES string of the molecule is CC#C[C@H](CC=O)c1ccc(OCc2ccc3scc(-c4ccc(OCC5CCS(=O)(=O)CC5)cc4C)c3c2)nc1. The molecule has 41 heavy (non-hydrogen) atoms. The van der Waals surface area contributed by atoms with E-state index in [4.69, 9.17) is 9.47 Å². The van der Waals surface area contributed by atoms with Crippen LogP contribution in [0.2, 0.25) is 0 Å². The quantitative estimate of drug-likeness (QED) is 0.151. The van der Waals surface area contributed by atoms with Gasteiger partial charge in [0.2, 0.25) is 5.88 Å². The monoisotopic (exact) mass is 587 g/mol. The molecule has 2 aromatic carbocycles. The molecule has 1 atom stereocenters. The number of thiophene rings is 1. The molecule has 1 fully saturated rings. The summed E-state index contributed by atoms with van der Waals surface area (Å²) < 4.78 is 36.6. The summed E-state index contributed by atoms with van der Waals surface area (Å²) in [6.07, 6.45) is 4.29. The lowest BCUT2D eigenvalue weighted by atomic mass is 9.98. The molecular weight excluding hydrogens is 554 g/mol. The number of pyridine rings is 1. The molecule has 4 aromatic rings. The number of sulfone groups is 1. The van der Waals surface area contributed by atoms with Crippen LogP contribution in [0, 0.1) is 24.7 Å². The summed E-state index contributed by atoms with van der Waals surface area (Å²) in [6.45, 7) is 4.79. The zero-order valence-electron chi connectivity index (χ0n) is 23.3. The summed E-state index contributed by atoms with van der Waals surface area (Å²) in [5.74, 6) is 7.92. The molecule has 0 unspecified atom stereocenters. The van der Waals surface area contributed by atoms with Gasteiger partial charge in [-0.1, -0.05) is 24.1 Å². The van der Waals surface area contributed by atoms with E-state index in [2.05, 4.69) is 59.5 Å². The summed E-state index contributed by atoms with van der Waals surface area (Å²) in [5.41, 5.74) is 5.40. The summed E-state index contributed by atoms with van der Waals surface area (Å²) >= 11 is 1.72. The lowest BCUT2D eigenvalue weighted by Crippen LogP contribution is -2.26. The minimum absolute atomic E-state index is 0.152. The number of nitrogens with zero attached hydrogens (tertiary/aromatic N) is 1. The zero-order chi connectivity index (χ0) is 28.8. The summed E-state index contributed by atoms with van der Waals surface area (Å²) in [7, 11) is -2.86. The van der Waals surface area contributed by atoms with Gasteiger partial charge in [0.15, 0.2) is 0 Å². The van der Waals surface area contributed by atoms with Crippen LogP contribution in [0.25, 0.3) is 21.2 Å². The van der Waals surface area contributed by atoms with E-state index in [0.29, 0.717) is 38.4 Å². The average Bonchev–Trinajstić information content (AvgIpc) is 3.39. The van der Waals surface area contributed by atoms with Gasteiger partial charge in [0, 0.05) is 34.3 Å². The van der Waals surface area contributed by atoms with Crippen molar-refractivity contribution in [3.8, 4) is 34.6 Å². The van der Waals surface area contributed by atoms with E-state index in [1.807, 2.05) is 18.2 Å². The second kappa shape index (κ2) is 12.9. The van der Waals surface area contributed by atoms with Crippen LogP contribution < -0.4 is 9.47 Å². The maximum Gasteiger partial charge on any atom is 0.213 e. The number of ether oxygens (including phenoxy) is 2. The molecule has 0 aliphatic carbocycles. The Morgan fingerprint density at radius 2 is 1.90 bits per heavy atom. The Hall–Kier alpha value is -3.67. The van der Waals surface area contributed by atoms with Crippen LogP contribution in [0.15, 0.2) is 60.1 Å². The normalized spacial score (nSPS) is 15.6. The van der Waals surface area contributed by atoms with Crippen molar-refractivity contribution in [3.05, 3.63) is 76.8 Å². The molecule has 0 bridgehead atoms. The van der Waals surface area contributed by atoms with E-state index in [9.17, 15) is 13.2 Å². The van der Waals surface area contributed by atoms with Crippen LogP contribution in [0.1, 0.15) is 48.8 Å². The smallest absolute Gasteiger partial charge is 0.213 e. The molecule has 0 N–H and O–H groups in total. The van der Waals surface area contributed by atoms with Crippen LogP contribution in [0.3, 0.4) is 0 Å². The number of carbonyl (C=O) groups excluding carboxylic acids is 1. The van der Waals surface area contributed by atoms with Crippen molar-refractivity contribution >= 4 is 37.5 Å². The van der Waals surface area contributed by atoms with E-state index in [-0.39, 0.29) is 23.3 Å². The molecule has 1 saturated heterocycles. The molecule has 0 amide bonds. The Morgan fingerprint density at radius 1 is 1.07 bits per heavy atom. The van der Waals surface area contributed by atoms with Crippen LogP contribution in [-0.2, 0) is 21.2 Å². The first-order valence-corrected chi connectivity index (χ1v) is 16.4. The topological polar surface area (TPSA) is 82.6 Å². The third kappa shape index (κ3) is 7.16. The van der Waals surface area contributed by atoms with Gasteiger partial charge in [-0.15, -0.1) is 17.3 Å². The highest BCUT2D eigenvalue weighted by Crippen LogP contribution is 2.37. The second-order valence-electron chi connectivity index (χ2n) is 10.4. The van der Waals surface area contributed by atoms with Gasteiger partial charge in [0.1, 0.15) is 28.5 Å². The van der Waals surface area contributed by atoms with E-state index in [0.717, 1.165) is 34.3 Å². The summed E-state index contributed by atoms with van der Waals surface area (Å²) in [5, 5.41) is 3.37. The lowest BCUT2D eigenvalue weighted by Gasteiger charge is -2.22. The van der Waals surface area contributed by atoms with Gasteiger partial charge in [-0.2, -0.15) is 0 Å². The van der Waals surface area contributed by atoms with Crippen LogP contribution in [0.4, 0.5) is 0 Å². The van der Waals surface area contributed by atoms with Gasteiger partial charge >= 0.3 is 0 Å². The highest BCUT2D eigenvalue weighted by Gasteiger charge is 2.24. The minimum Gasteiger partial charge on any atom is -0.493 e. The number of benzene rings is 2. The fraction of sp³-hybridized carbons (Fsp3) is 0.333. The molecule has 0 spiro atoms. The van der Waals surface area contributed by atoms with Gasteiger partial charge in [0.25, 0.3) is 0 Å². The van der Waals surface area contributed by atoms with E-state index in [1.165, 1.54) is 15.6 Å². The Balaban J connectivity index is 1.25. The molecule has 212 valence electrons. The maximum atomic E-state index is 11.7. The van der Waals surface area contributed by atoms with Gasteiger partial charge in [-0.25, -0.2) is 13.4 Å². The third-order valence-electron chi connectivity index (χ3n) is 7.48. The Labute approximate surface area is 245 Å². The minimum atomic E-state index is -2.86. The van der Waals surface area contributed by atoms with Crippen molar-refractivity contribution in [3.63, 3.8) is 0 Å². The zero-order valence-corrected chi connectivity index (χ0v) is 24.9. The van der Waals surface area contributed by atoms with Crippen molar-refractivity contribution in [1.82, 2.24) is 4.98 Å². The highest BCUT2D eigenvalue weighted by atomic mass is 32.2. The van der Waals surface area contributed by atoms with E-state index < -0.39 is 9.84 Å². The molecule has 5 rings (SSSR count). The Kier molecular flexibility index (Phi) is 9.06. The number of aromatic nitrogens is 1. The Morgan fingerprint density at radius 3 is 2.61 bits per heavy atom. The summed E-state index contributed by atoms with van der Waals surface area (Å²) in [4.78, 5) is 15.4. The number of hydrogen-bond acceptors (Lipinski definition) is 7. The van der Waals surface area contributed by atoms with Crippen LogP contribution in [-0.4, -0.2) is 37.8 Å². The van der Waals surface area contributed by atoms with Gasteiger partial charge < -0.3 is 14.3 Å². The van der Waals surface area contributed by atoms with Crippen molar-refractivity contribution in [2.24, 2.45) is 5.92 Å². The van der Waals surface area contributed by atoms with Crippen molar-refractivity contribution in [2.45, 2.75) is 45.6 Å². The molecular formula is C33H33NO5S2. The van der Waals surface area contributed by atoms with Gasteiger partial charge in [0.05, 0.1) is 24.0 Å². The second-order valence-corrected chi connectivity index (χ2v) is 13.6. The number of fused-ring (bicyclic) bond motifs is 1. The third-order valence-corrected chi connectivity index (χ3v) is 10.2. The predicted molar refractivity (Wildman–Crippen MR) is 164 cm³/mol. The number of aryl methyl sites for hydroxylation is 1. The van der Waals surface area contributed by atoms with Crippen LogP contribution >= 0.6 is 11.3 Å². The number of carbonyl (C=O) groups is 1. The lowest BCUT2D eigenvalue weighted by molar-refractivity contribution is -0.107. The fourth-order valence-corrected chi connectivity index (χ4v) is 7.64. The summed E-state index contributed by atoms with van der Waals surface area (Å²) in [6, 6.07) is 16.3. The number of aldehydes is 1. The Bertz CT molecular complexity index is 1680. The maximum absolute atomic E-state index is 11.7. The first-order chi connectivity index (χ1) is 19.8. The number of rotatable bonds is 10. The number of hydrogen-bond donors (Lipinski definition) is 0. The highest BCUT2D eigenvalue weighted by molar-refractivity contribution is 7.91. The molecule has 1 aliphatic rings. The van der Waals surface area contributed by atoms with Crippen molar-refractivity contribution < 1.29 is 22.7 Å². The van der Waals surface area contributed by atoms with Gasteiger partial charge in [-0.05, 0) is 84.5 Å². The molecule has 6 nitrogen and oxygen atoms in total. The first-order valence-electron chi connectivity index (χ1n) is 13.7. The first kappa shape index (κ1) is 28.8.